The van der Waals surface area contributed by atoms with E-state index in [0.29, 0.717) is 54.8 Å². The molecule has 0 radical (unpaired) electrons. The summed E-state index contributed by atoms with van der Waals surface area (Å²) < 4.78 is 31.7. The number of aromatic hydroxyl groups is 2. The zero-order chi connectivity index (χ0) is 78.3. The lowest BCUT2D eigenvalue weighted by Gasteiger charge is -2.45. The van der Waals surface area contributed by atoms with Gasteiger partial charge in [-0.15, -0.1) is 0 Å². The van der Waals surface area contributed by atoms with E-state index >= 15 is 9.59 Å². The number of nitrogens with one attached hydrogen (secondary N) is 6. The second-order valence-electron chi connectivity index (χ2n) is 30.2. The molecule has 1 fully saturated rings. The van der Waals surface area contributed by atoms with Gasteiger partial charge in [0.2, 0.25) is 23.6 Å². The van der Waals surface area contributed by atoms with Crippen molar-refractivity contribution < 1.29 is 109 Å². The number of imide groups is 1. The fraction of sp³-hybridized carbons (Fsp3) is 0.538. The Morgan fingerprint density at radius 3 is 2.15 bits per heavy atom. The van der Waals surface area contributed by atoms with E-state index in [-0.39, 0.29) is 125 Å². The highest BCUT2D eigenvalue weighted by Gasteiger charge is 2.57. The van der Waals surface area contributed by atoms with E-state index in [1.54, 1.807) is 78.0 Å². The number of unbranched alkanes of at least 4 members (excludes halogenated alkanes) is 2. The number of aliphatic hydroxyl groups excluding tert-OH is 2. The average molecular weight is 1520 g/mol. The molecule has 588 valence electrons. The number of carbonyl (C=O) groups is 10. The Morgan fingerprint density at radius 2 is 1.51 bits per heavy atom. The first-order chi connectivity index (χ1) is 50.5. The fourth-order valence-electron chi connectivity index (χ4n) is 15.2. The van der Waals surface area contributed by atoms with Gasteiger partial charge in [-0.3, -0.25) is 48.1 Å². The lowest BCUT2D eigenvalue weighted by atomic mass is 9.75. The predicted molar refractivity (Wildman–Crippen MR) is 395 cm³/mol. The number of quaternary nitrogens is 1. The number of aliphatic hydroxyl groups is 2. The standard InChI is InChI=1S/C78H104N10O19.ClH/c1-40(2)62(83-56(91)22-15-14-16-33-87-57(92)27-28-58(87)93)76(101)82-52(21-18-32-80-77(79)102)75(100)81-49-25-23-48(24-26-49)39-88(11,12)51-29-34-86(35-30-51)50-37-53(90)63-55(38-50)106-72-64(84-63)59-60-68(96)46(8)71-61(59)73(98)78(10,107-71)104-36-31-54(103-13)43(5)70(105-47(9)89)45(7)67(95)44(6)66(94)41(3)19-17-20-42(4)74(99)85-65(72)69(60)97;/h17,19-20,23-28,31,36-38,40-41,43-45,51-52,54,62,64-67,70,72,94-95H,14-16,18,21-22,29-30,32-35,39H2,1-13H3,(H9-,79,80,81,82,83,84,85,90,91,92,93,96,97,98,99,100,101,102);1H/b19-17-,36-31-,42-20-;/t41-,43+,44+,45+,52-,54-,62-,64?,65?,66-,67+,70+,72?,78-;/m0./s1. The van der Waals surface area contributed by atoms with Crippen molar-refractivity contribution in [2.24, 2.45) is 35.3 Å². The summed E-state index contributed by atoms with van der Waals surface area (Å²) >= 11 is 0. The summed E-state index contributed by atoms with van der Waals surface area (Å²) in [6.07, 6.45) is 7.97. The first-order valence-electron chi connectivity index (χ1n) is 36.7. The van der Waals surface area contributed by atoms with Gasteiger partial charge in [-0.2, -0.15) is 0 Å². The van der Waals surface area contributed by atoms with E-state index in [1.807, 2.05) is 12.1 Å². The van der Waals surface area contributed by atoms with Crippen molar-refractivity contribution in [3.8, 4) is 23.0 Å². The molecule has 5 aliphatic heterocycles. The molecule has 0 saturated carbocycles. The first-order valence-corrected chi connectivity index (χ1v) is 36.7. The van der Waals surface area contributed by atoms with Crippen LogP contribution in [0.2, 0.25) is 0 Å². The molecule has 6 aliphatic rings. The Balaban J connectivity index is 0.0000147. The number of hydrogen-bond donors (Lipinski definition) is 11. The third-order valence-corrected chi connectivity index (χ3v) is 21.7. The smallest absolute Gasteiger partial charge is 0.312 e. The number of anilines is 3. The number of amides is 8. The summed E-state index contributed by atoms with van der Waals surface area (Å²) in [6.45, 7) is 18.2. The Hall–Kier alpha value is -9.55. The van der Waals surface area contributed by atoms with Crippen molar-refractivity contribution in [3.05, 3.63) is 113 Å². The van der Waals surface area contributed by atoms with E-state index in [4.69, 9.17) is 29.4 Å². The van der Waals surface area contributed by atoms with Crippen LogP contribution in [0.15, 0.2) is 84.7 Å². The van der Waals surface area contributed by atoms with Gasteiger partial charge in [-0.05, 0) is 63.7 Å². The molecule has 1 saturated heterocycles. The van der Waals surface area contributed by atoms with Crippen LogP contribution in [0, 0.1) is 36.5 Å². The number of piperidine rings is 1. The molecule has 0 spiro atoms. The number of phenols is 2. The molecule has 3 aromatic carbocycles. The number of fused-ring (bicyclic) bond motifs is 5. The largest absolute Gasteiger partial charge is 1.00 e. The maximum Gasteiger partial charge on any atom is 0.312 e. The Bertz CT molecular complexity index is 4000. The number of halogens is 1. The van der Waals surface area contributed by atoms with E-state index in [2.05, 4.69) is 50.9 Å². The molecule has 5 bridgehead atoms. The molecule has 3 unspecified atom stereocenters. The van der Waals surface area contributed by atoms with Gasteiger partial charge in [0, 0.05) is 148 Å². The summed E-state index contributed by atoms with van der Waals surface area (Å²) in [6, 6.07) is 5.41. The van der Waals surface area contributed by atoms with Crippen LogP contribution >= 0.6 is 0 Å². The van der Waals surface area contributed by atoms with E-state index in [1.165, 1.54) is 65.4 Å². The van der Waals surface area contributed by atoms with Crippen LogP contribution in [-0.4, -0.2) is 197 Å². The summed E-state index contributed by atoms with van der Waals surface area (Å²) in [5.41, 5.74) is 7.24. The van der Waals surface area contributed by atoms with Gasteiger partial charge >= 0.3 is 17.8 Å². The Kier molecular flexibility index (Phi) is 27.8. The zero-order valence-electron chi connectivity index (χ0n) is 63.6. The van der Waals surface area contributed by atoms with Crippen molar-refractivity contribution in [1.29, 1.82) is 0 Å². The van der Waals surface area contributed by atoms with E-state index in [0.717, 1.165) is 23.3 Å². The van der Waals surface area contributed by atoms with Gasteiger partial charge in [0.1, 0.15) is 59.5 Å². The number of benzene rings is 3. The number of ether oxygens (including phenoxy) is 5. The number of nitrogens with zero attached hydrogens (tertiary/aromatic N) is 3. The summed E-state index contributed by atoms with van der Waals surface area (Å²) in [5, 5.41) is 64.8. The van der Waals surface area contributed by atoms with Gasteiger partial charge in [-0.25, -0.2) is 4.79 Å². The topological polar surface area (TPSA) is 402 Å². The number of allylic oxidation sites excluding steroid dienone is 2. The zero-order valence-corrected chi connectivity index (χ0v) is 64.3. The number of rotatable bonds is 22. The molecular weight excluding hydrogens is 1420 g/mol. The number of ketones is 2. The lowest BCUT2D eigenvalue weighted by molar-refractivity contribution is -0.928. The predicted octanol–water partition coefficient (Wildman–Crippen LogP) is 3.30. The molecule has 3 aromatic rings. The van der Waals surface area contributed by atoms with Gasteiger partial charge < -0.3 is 104 Å². The van der Waals surface area contributed by atoms with Crippen molar-refractivity contribution in [2.75, 3.05) is 62.9 Å². The van der Waals surface area contributed by atoms with Crippen molar-refractivity contribution in [3.63, 3.8) is 0 Å². The number of methoxy groups -OCH3 is 1. The normalized spacial score (nSPS) is 26.8. The maximum atomic E-state index is 15.3. The molecule has 14 atom stereocenters. The third kappa shape index (κ3) is 18.9. The highest BCUT2D eigenvalue weighted by Crippen LogP contribution is 2.55. The minimum absolute atomic E-state index is 0. The summed E-state index contributed by atoms with van der Waals surface area (Å²) in [5.74, 6) is -10.9. The second-order valence-corrected chi connectivity index (χ2v) is 30.2. The molecule has 12 N–H and O–H groups in total. The number of urea groups is 1. The van der Waals surface area contributed by atoms with Gasteiger partial charge in [0.15, 0.2) is 11.9 Å². The van der Waals surface area contributed by atoms with Crippen LogP contribution in [0.5, 0.6) is 23.0 Å². The monoisotopic (exact) mass is 1520 g/mol. The molecule has 108 heavy (non-hydrogen) atoms. The van der Waals surface area contributed by atoms with Crippen LogP contribution in [0.4, 0.5) is 21.9 Å². The quantitative estimate of drug-likeness (QED) is 0.0226. The minimum Gasteiger partial charge on any atom is -1.00 e. The number of nitrogens with two attached hydrogens (primary N) is 1. The summed E-state index contributed by atoms with van der Waals surface area (Å²) in [4.78, 5) is 137. The number of carbonyl (C=O) groups excluding carboxylic acids is 10. The first kappa shape index (κ1) is 84.1. The molecule has 29 nitrogen and oxygen atoms in total. The Labute approximate surface area is 635 Å². The minimum atomic E-state index is -2.11. The van der Waals surface area contributed by atoms with Crippen LogP contribution in [0.1, 0.15) is 157 Å². The van der Waals surface area contributed by atoms with Gasteiger partial charge in [0.25, 0.3) is 17.6 Å². The van der Waals surface area contributed by atoms with E-state index in [9.17, 15) is 58.8 Å². The van der Waals surface area contributed by atoms with Crippen LogP contribution in [0.3, 0.4) is 0 Å². The van der Waals surface area contributed by atoms with Gasteiger partial charge in [-0.1, -0.05) is 78.3 Å². The molecule has 9 rings (SSSR count). The molecule has 1 aliphatic carbocycles. The number of phenolic OH excluding ortho intramolecular Hbond substituents is 2. The number of hydrogen-bond acceptors (Lipinski definition) is 21. The van der Waals surface area contributed by atoms with Crippen LogP contribution in [0.25, 0.3) is 0 Å². The third-order valence-electron chi connectivity index (χ3n) is 21.7. The van der Waals surface area contributed by atoms with Crippen molar-refractivity contribution >= 4 is 76.1 Å². The highest BCUT2D eigenvalue weighted by atomic mass is 35.5. The molecule has 0 aromatic heterocycles. The van der Waals surface area contributed by atoms with Crippen molar-refractivity contribution in [1.82, 2.24) is 26.2 Å². The summed E-state index contributed by atoms with van der Waals surface area (Å²) in [7, 11) is 5.72. The molecule has 5 heterocycles. The molecule has 30 heteroatoms. The Morgan fingerprint density at radius 1 is 0.833 bits per heavy atom. The SMILES string of the molecule is CO[C@H]1/C=C\O[C@@]2(C)Oc3c(C)c(O)c4c(c3C2=O)C2Nc3c(O)cc(N5CCC([N+](C)(C)Cc6ccc(NC(=O)[C@H](CCCNC(N)=O)NC(=O)[C@@H](NC(=O)CCCCCN7C(=O)C=CC7=O)C(C)C)cc6)CC5)cc3OC2C(NC(=O)/C(C)=C\C=C/[C@H](C)[C@H](O)[C@@H](C)[C@@H](O)[C@@H](C)[C@H](OC(C)=O)[C@@H]1C)C4=O.[Cl-]. The average Bonchev–Trinajstić information content (AvgIpc) is 1.39. The highest BCUT2D eigenvalue weighted by molar-refractivity contribution is 6.16. The van der Waals surface area contributed by atoms with Crippen LogP contribution in [-0.2, 0) is 54.3 Å². The van der Waals surface area contributed by atoms with Crippen molar-refractivity contribution in [2.45, 2.75) is 194 Å². The fourth-order valence-corrected chi connectivity index (χ4v) is 15.2. The maximum absolute atomic E-state index is 15.3. The number of primary amides is 1. The number of esters is 1. The van der Waals surface area contributed by atoms with E-state index < -0.39 is 131 Å². The number of Topliss-reactive ketones (excluding diaryl/α,β-unsaturated/α-hetero) is 2. The van der Waals surface area contributed by atoms with Crippen LogP contribution < -0.4 is 64.4 Å². The van der Waals surface area contributed by atoms with Gasteiger partial charge in [0.05, 0.1) is 61.9 Å². The lowest BCUT2D eigenvalue weighted by Crippen LogP contribution is -3.00. The second kappa shape index (κ2) is 35.7. The molecular formula is C78H105ClN10O19. The molecule has 8 amide bonds.